The monoisotopic (exact) mass is 243 g/mol. The third kappa shape index (κ3) is 1.90. The summed E-state index contributed by atoms with van der Waals surface area (Å²) in [7, 11) is 0. The molecule has 0 spiro atoms. The largest absolute Gasteiger partial charge is 0.478 e. The van der Waals surface area contributed by atoms with Crippen LogP contribution in [0.3, 0.4) is 0 Å². The number of pyridine rings is 1. The van der Waals surface area contributed by atoms with Crippen molar-refractivity contribution in [1.82, 2.24) is 4.98 Å². The molecule has 2 aromatic rings. The van der Waals surface area contributed by atoms with Crippen molar-refractivity contribution < 1.29 is 14.3 Å². The highest BCUT2D eigenvalue weighted by Crippen LogP contribution is 2.41. The van der Waals surface area contributed by atoms with Crippen LogP contribution >= 0.6 is 0 Å². The molecule has 1 aliphatic rings. The highest BCUT2D eigenvalue weighted by atomic mass is 16.4. The van der Waals surface area contributed by atoms with Crippen molar-refractivity contribution in [3.63, 3.8) is 0 Å². The molecular weight excluding hydrogens is 230 g/mol. The smallest absolute Gasteiger partial charge is 0.337 e. The summed E-state index contributed by atoms with van der Waals surface area (Å²) in [5, 5.41) is 9.14. The molecule has 0 aliphatic heterocycles. The van der Waals surface area contributed by atoms with Crippen molar-refractivity contribution in [2.45, 2.75) is 25.7 Å². The molecule has 18 heavy (non-hydrogen) atoms. The van der Waals surface area contributed by atoms with Crippen LogP contribution in [-0.2, 0) is 0 Å². The maximum Gasteiger partial charge on any atom is 0.337 e. The minimum Gasteiger partial charge on any atom is -0.478 e. The Kier molecular flexibility index (Phi) is 2.44. The molecule has 1 aliphatic carbocycles. The molecule has 0 atom stereocenters. The van der Waals surface area contributed by atoms with Crippen molar-refractivity contribution in [3.8, 4) is 11.5 Å². The van der Waals surface area contributed by atoms with Crippen LogP contribution in [0.1, 0.15) is 40.6 Å². The topological polar surface area (TPSA) is 63.3 Å². The molecule has 1 fully saturated rings. The molecule has 1 N–H and O–H groups in total. The molecule has 0 unspecified atom stereocenters. The van der Waals surface area contributed by atoms with Crippen LogP contribution in [0.15, 0.2) is 28.7 Å². The molecule has 3 rings (SSSR count). The van der Waals surface area contributed by atoms with Crippen molar-refractivity contribution >= 4 is 5.97 Å². The van der Waals surface area contributed by atoms with Crippen LogP contribution in [0.4, 0.5) is 0 Å². The molecule has 4 nitrogen and oxygen atoms in total. The number of aromatic carboxylic acids is 1. The van der Waals surface area contributed by atoms with Gasteiger partial charge in [-0.2, -0.15) is 0 Å². The van der Waals surface area contributed by atoms with E-state index in [0.717, 1.165) is 18.6 Å². The standard InChI is InChI=1S/C14H13NO3/c1-8-2-7-12(18-8)11-6-5-10(14(16)17)13(15-11)9-3-4-9/h2,5-7,9H,3-4H2,1H3,(H,16,17). The average molecular weight is 243 g/mol. The Morgan fingerprint density at radius 1 is 1.33 bits per heavy atom. The van der Waals surface area contributed by atoms with Crippen LogP contribution in [-0.4, -0.2) is 16.1 Å². The zero-order valence-corrected chi connectivity index (χ0v) is 10.0. The molecule has 0 saturated heterocycles. The van der Waals surface area contributed by atoms with Gasteiger partial charge in [-0.05, 0) is 44.0 Å². The summed E-state index contributed by atoms with van der Waals surface area (Å²) in [4.78, 5) is 15.6. The molecular formula is C14H13NO3. The van der Waals surface area contributed by atoms with E-state index in [4.69, 9.17) is 9.52 Å². The zero-order chi connectivity index (χ0) is 12.7. The van der Waals surface area contributed by atoms with Crippen LogP contribution in [0.2, 0.25) is 0 Å². The summed E-state index contributed by atoms with van der Waals surface area (Å²) in [6.45, 7) is 1.87. The first-order chi connectivity index (χ1) is 8.65. The Balaban J connectivity index is 2.07. The van der Waals surface area contributed by atoms with Crippen LogP contribution < -0.4 is 0 Å². The number of carboxylic acid groups (broad SMARTS) is 1. The van der Waals surface area contributed by atoms with Gasteiger partial charge in [0.05, 0.1) is 11.3 Å². The zero-order valence-electron chi connectivity index (χ0n) is 10.0. The molecule has 0 radical (unpaired) electrons. The highest BCUT2D eigenvalue weighted by Gasteiger charge is 2.30. The van der Waals surface area contributed by atoms with Gasteiger partial charge in [0.1, 0.15) is 11.5 Å². The predicted molar refractivity (Wildman–Crippen MR) is 65.6 cm³/mol. The van der Waals surface area contributed by atoms with E-state index < -0.39 is 5.97 Å². The van der Waals surface area contributed by atoms with Crippen molar-refractivity contribution in [3.05, 3.63) is 41.3 Å². The average Bonchev–Trinajstić information content (AvgIpc) is 3.11. The Labute approximate surface area is 104 Å². The van der Waals surface area contributed by atoms with Crippen LogP contribution in [0.25, 0.3) is 11.5 Å². The first-order valence-electron chi connectivity index (χ1n) is 5.96. The van der Waals surface area contributed by atoms with E-state index in [-0.39, 0.29) is 0 Å². The summed E-state index contributed by atoms with van der Waals surface area (Å²) >= 11 is 0. The van der Waals surface area contributed by atoms with Gasteiger partial charge in [0, 0.05) is 5.92 Å². The van der Waals surface area contributed by atoms with Crippen LogP contribution in [0, 0.1) is 6.92 Å². The van der Waals surface area contributed by atoms with Gasteiger partial charge < -0.3 is 9.52 Å². The number of aromatic nitrogens is 1. The van der Waals surface area contributed by atoms with Crippen molar-refractivity contribution in [2.75, 3.05) is 0 Å². The lowest BCUT2D eigenvalue weighted by atomic mass is 10.1. The Morgan fingerprint density at radius 3 is 2.67 bits per heavy atom. The van der Waals surface area contributed by atoms with Crippen molar-refractivity contribution in [1.29, 1.82) is 0 Å². The fraction of sp³-hybridized carbons (Fsp3) is 0.286. The molecule has 1 saturated carbocycles. The highest BCUT2D eigenvalue weighted by molar-refractivity contribution is 5.89. The fourth-order valence-corrected chi connectivity index (χ4v) is 2.03. The first-order valence-corrected chi connectivity index (χ1v) is 5.96. The number of hydrogen-bond acceptors (Lipinski definition) is 3. The summed E-state index contributed by atoms with van der Waals surface area (Å²) in [5.74, 6) is 0.895. The summed E-state index contributed by atoms with van der Waals surface area (Å²) in [5.41, 5.74) is 1.70. The molecule has 92 valence electrons. The van der Waals surface area contributed by atoms with E-state index in [2.05, 4.69) is 4.98 Å². The number of aryl methyl sites for hydroxylation is 1. The molecule has 2 heterocycles. The Morgan fingerprint density at radius 2 is 2.11 bits per heavy atom. The normalized spacial score (nSPS) is 14.7. The molecule has 0 amide bonds. The molecule has 4 heteroatoms. The van der Waals surface area contributed by atoms with E-state index in [0.29, 0.717) is 28.6 Å². The second-order valence-corrected chi connectivity index (χ2v) is 4.62. The van der Waals surface area contributed by atoms with Gasteiger partial charge in [-0.3, -0.25) is 0 Å². The number of hydrogen-bond donors (Lipinski definition) is 1. The Hall–Kier alpha value is -2.10. The number of carboxylic acids is 1. The lowest BCUT2D eigenvalue weighted by molar-refractivity contribution is 0.0695. The minimum atomic E-state index is -0.911. The van der Waals surface area contributed by atoms with E-state index >= 15 is 0 Å². The quantitative estimate of drug-likeness (QED) is 0.898. The van der Waals surface area contributed by atoms with Gasteiger partial charge in [-0.15, -0.1) is 0 Å². The maximum absolute atomic E-state index is 11.1. The van der Waals surface area contributed by atoms with E-state index in [1.165, 1.54) is 0 Å². The van der Waals surface area contributed by atoms with Crippen LogP contribution in [0.5, 0.6) is 0 Å². The van der Waals surface area contributed by atoms with Gasteiger partial charge in [0.2, 0.25) is 0 Å². The summed E-state index contributed by atoms with van der Waals surface area (Å²) in [6.07, 6.45) is 2.04. The molecule has 2 aromatic heterocycles. The first kappa shape index (κ1) is 11.0. The fourth-order valence-electron chi connectivity index (χ4n) is 2.03. The second-order valence-electron chi connectivity index (χ2n) is 4.62. The SMILES string of the molecule is Cc1ccc(-c2ccc(C(=O)O)c(C3CC3)n2)o1. The lowest BCUT2D eigenvalue weighted by Gasteiger charge is -2.05. The maximum atomic E-state index is 11.1. The lowest BCUT2D eigenvalue weighted by Crippen LogP contribution is -2.04. The third-order valence-electron chi connectivity index (χ3n) is 3.11. The van der Waals surface area contributed by atoms with E-state index in [1.807, 2.05) is 19.1 Å². The van der Waals surface area contributed by atoms with E-state index in [9.17, 15) is 4.79 Å². The number of rotatable bonds is 3. The second kappa shape index (κ2) is 3.98. The molecule has 0 aromatic carbocycles. The van der Waals surface area contributed by atoms with Gasteiger partial charge in [0.15, 0.2) is 5.76 Å². The molecule has 0 bridgehead atoms. The predicted octanol–water partition coefficient (Wildman–Crippen LogP) is 3.23. The number of furan rings is 1. The Bertz CT molecular complexity index is 611. The minimum absolute atomic E-state index is 0.298. The summed E-state index contributed by atoms with van der Waals surface area (Å²) < 4.78 is 5.52. The van der Waals surface area contributed by atoms with Gasteiger partial charge in [-0.25, -0.2) is 9.78 Å². The number of carbonyl (C=O) groups is 1. The van der Waals surface area contributed by atoms with Gasteiger partial charge in [0.25, 0.3) is 0 Å². The van der Waals surface area contributed by atoms with Crippen molar-refractivity contribution in [2.24, 2.45) is 0 Å². The number of nitrogens with zero attached hydrogens (tertiary/aromatic N) is 1. The van der Waals surface area contributed by atoms with Gasteiger partial charge in [-0.1, -0.05) is 0 Å². The van der Waals surface area contributed by atoms with Gasteiger partial charge >= 0.3 is 5.97 Å². The third-order valence-corrected chi connectivity index (χ3v) is 3.11. The summed E-state index contributed by atoms with van der Waals surface area (Å²) in [6, 6.07) is 7.05. The van der Waals surface area contributed by atoms with E-state index in [1.54, 1.807) is 12.1 Å².